The van der Waals surface area contributed by atoms with Gasteiger partial charge in [0.25, 0.3) is 0 Å². The lowest BCUT2D eigenvalue weighted by Gasteiger charge is -2.02. The van der Waals surface area contributed by atoms with Crippen molar-refractivity contribution >= 4 is 16.8 Å². The number of fused-ring (bicyclic) bond motifs is 1. The van der Waals surface area contributed by atoms with Gasteiger partial charge < -0.3 is 10.2 Å². The van der Waals surface area contributed by atoms with Crippen molar-refractivity contribution in [2.75, 3.05) is 5.73 Å². The first-order chi connectivity index (χ1) is 5.70. The lowest BCUT2D eigenvalue weighted by Crippen LogP contribution is -1.92. The number of nitrogens with two attached hydrogens (primary N) is 1. The van der Waals surface area contributed by atoms with Crippen LogP contribution in [0.15, 0.2) is 16.9 Å². The second-order valence-electron chi connectivity index (χ2n) is 2.92. The van der Waals surface area contributed by atoms with Gasteiger partial charge in [-0.05, 0) is 31.0 Å². The molecule has 0 saturated carbocycles. The Bertz CT molecular complexity index is 431. The Morgan fingerprint density at radius 1 is 1.33 bits per heavy atom. The third-order valence-corrected chi connectivity index (χ3v) is 2.22. The van der Waals surface area contributed by atoms with Crippen LogP contribution in [0.3, 0.4) is 0 Å². The van der Waals surface area contributed by atoms with Crippen LogP contribution in [0.5, 0.6) is 0 Å². The van der Waals surface area contributed by atoms with Crippen molar-refractivity contribution in [3.8, 4) is 0 Å². The maximum absolute atomic E-state index is 5.76. The van der Waals surface area contributed by atoms with E-state index in [9.17, 15) is 0 Å². The van der Waals surface area contributed by atoms with E-state index in [2.05, 4.69) is 4.98 Å². The minimum Gasteiger partial charge on any atom is -0.443 e. The Morgan fingerprint density at radius 2 is 2.08 bits per heavy atom. The van der Waals surface area contributed by atoms with Crippen LogP contribution in [-0.2, 0) is 0 Å². The Kier molecular flexibility index (Phi) is 1.33. The monoisotopic (exact) mass is 162 g/mol. The Labute approximate surface area is 70.2 Å². The molecule has 1 aromatic carbocycles. The summed E-state index contributed by atoms with van der Waals surface area (Å²) in [7, 11) is 0. The minimum atomic E-state index is 0.772. The molecule has 2 aromatic rings. The first-order valence-corrected chi connectivity index (χ1v) is 3.79. The van der Waals surface area contributed by atoms with Crippen LogP contribution in [0.2, 0.25) is 0 Å². The van der Waals surface area contributed by atoms with E-state index in [1.807, 2.05) is 19.9 Å². The molecule has 0 spiro atoms. The predicted octanol–water partition coefficient (Wildman–Crippen LogP) is 2.03. The smallest absolute Gasteiger partial charge is 0.181 e. The van der Waals surface area contributed by atoms with Crippen molar-refractivity contribution in [1.29, 1.82) is 0 Å². The summed E-state index contributed by atoms with van der Waals surface area (Å²) >= 11 is 0. The van der Waals surface area contributed by atoms with Gasteiger partial charge in [-0.2, -0.15) is 0 Å². The van der Waals surface area contributed by atoms with Gasteiger partial charge in [0.15, 0.2) is 12.0 Å². The quantitative estimate of drug-likeness (QED) is 0.603. The molecule has 2 rings (SSSR count). The summed E-state index contributed by atoms with van der Waals surface area (Å²) < 4.78 is 5.22. The second kappa shape index (κ2) is 2.24. The van der Waals surface area contributed by atoms with Gasteiger partial charge in [-0.3, -0.25) is 0 Å². The zero-order chi connectivity index (χ0) is 8.72. The van der Waals surface area contributed by atoms with Crippen LogP contribution < -0.4 is 5.73 Å². The van der Waals surface area contributed by atoms with Crippen LogP contribution in [0, 0.1) is 13.8 Å². The first kappa shape index (κ1) is 7.16. The summed E-state index contributed by atoms with van der Waals surface area (Å²) in [6.07, 6.45) is 1.44. The van der Waals surface area contributed by atoms with Gasteiger partial charge in [-0.25, -0.2) is 4.98 Å². The molecule has 12 heavy (non-hydrogen) atoms. The number of benzene rings is 1. The minimum absolute atomic E-state index is 0.772. The van der Waals surface area contributed by atoms with Crippen LogP contribution in [0.1, 0.15) is 11.1 Å². The number of hydrogen-bond donors (Lipinski definition) is 1. The fraction of sp³-hybridized carbons (Fsp3) is 0.222. The Hall–Kier alpha value is -1.51. The lowest BCUT2D eigenvalue weighted by molar-refractivity contribution is 0.599. The van der Waals surface area contributed by atoms with Gasteiger partial charge in [-0.1, -0.05) is 0 Å². The van der Waals surface area contributed by atoms with E-state index >= 15 is 0 Å². The number of aromatic nitrogens is 1. The van der Waals surface area contributed by atoms with E-state index in [-0.39, 0.29) is 0 Å². The van der Waals surface area contributed by atoms with E-state index in [0.717, 1.165) is 27.9 Å². The second-order valence-corrected chi connectivity index (χ2v) is 2.92. The van der Waals surface area contributed by atoms with Crippen LogP contribution in [0.25, 0.3) is 11.1 Å². The standard InChI is InChI=1S/C9H10N2O/c1-5-6(2)9-8(3-7(5)10)11-4-12-9/h3-4H,10H2,1-2H3. The third-order valence-electron chi connectivity index (χ3n) is 2.22. The average Bonchev–Trinajstić information content (AvgIpc) is 2.48. The van der Waals surface area contributed by atoms with E-state index in [1.54, 1.807) is 0 Å². The number of nitrogens with zero attached hydrogens (tertiary/aromatic N) is 1. The van der Waals surface area contributed by atoms with Gasteiger partial charge >= 0.3 is 0 Å². The number of nitrogen functional groups attached to an aromatic ring is 1. The molecule has 1 aromatic heterocycles. The number of anilines is 1. The zero-order valence-corrected chi connectivity index (χ0v) is 7.09. The van der Waals surface area contributed by atoms with E-state index < -0.39 is 0 Å². The number of oxazole rings is 1. The van der Waals surface area contributed by atoms with Crippen molar-refractivity contribution in [2.24, 2.45) is 0 Å². The Morgan fingerprint density at radius 3 is 2.83 bits per heavy atom. The topological polar surface area (TPSA) is 52.0 Å². The highest BCUT2D eigenvalue weighted by atomic mass is 16.3. The molecule has 0 fully saturated rings. The van der Waals surface area contributed by atoms with Crippen molar-refractivity contribution in [3.05, 3.63) is 23.6 Å². The highest BCUT2D eigenvalue weighted by Crippen LogP contribution is 2.25. The van der Waals surface area contributed by atoms with Crippen LogP contribution in [-0.4, -0.2) is 4.98 Å². The maximum Gasteiger partial charge on any atom is 0.181 e. The maximum atomic E-state index is 5.76. The molecule has 0 bridgehead atoms. The molecular weight excluding hydrogens is 152 g/mol. The summed E-state index contributed by atoms with van der Waals surface area (Å²) in [6, 6.07) is 1.83. The molecule has 3 nitrogen and oxygen atoms in total. The molecule has 0 radical (unpaired) electrons. The predicted molar refractivity (Wildman–Crippen MR) is 47.9 cm³/mol. The fourth-order valence-corrected chi connectivity index (χ4v) is 1.28. The largest absolute Gasteiger partial charge is 0.443 e. The molecule has 1 heterocycles. The lowest BCUT2D eigenvalue weighted by atomic mass is 10.1. The van der Waals surface area contributed by atoms with Crippen LogP contribution >= 0.6 is 0 Å². The molecule has 0 aliphatic carbocycles. The van der Waals surface area contributed by atoms with Crippen molar-refractivity contribution < 1.29 is 4.42 Å². The number of aryl methyl sites for hydroxylation is 1. The fourth-order valence-electron chi connectivity index (χ4n) is 1.28. The first-order valence-electron chi connectivity index (χ1n) is 3.79. The number of rotatable bonds is 0. The molecule has 2 N–H and O–H groups in total. The van der Waals surface area contributed by atoms with Crippen LogP contribution in [0.4, 0.5) is 5.69 Å². The van der Waals surface area contributed by atoms with E-state index in [4.69, 9.17) is 10.2 Å². The summed E-state index contributed by atoms with van der Waals surface area (Å²) in [5.74, 6) is 0. The Balaban J connectivity index is 2.94. The molecule has 0 saturated heterocycles. The average molecular weight is 162 g/mol. The highest BCUT2D eigenvalue weighted by Gasteiger charge is 2.07. The molecule has 0 aliphatic heterocycles. The SMILES string of the molecule is Cc1c(N)cc2ncoc2c1C. The molecule has 3 heteroatoms. The van der Waals surface area contributed by atoms with Gasteiger partial charge in [0.05, 0.1) is 0 Å². The van der Waals surface area contributed by atoms with Gasteiger partial charge in [0, 0.05) is 5.69 Å². The van der Waals surface area contributed by atoms with Gasteiger partial charge in [0.2, 0.25) is 0 Å². The highest BCUT2D eigenvalue weighted by molar-refractivity contribution is 5.82. The summed E-state index contributed by atoms with van der Waals surface area (Å²) in [5, 5.41) is 0. The van der Waals surface area contributed by atoms with Crippen molar-refractivity contribution in [1.82, 2.24) is 4.98 Å². The molecule has 0 unspecified atom stereocenters. The third kappa shape index (κ3) is 0.794. The van der Waals surface area contributed by atoms with E-state index in [0.29, 0.717) is 0 Å². The number of hydrogen-bond acceptors (Lipinski definition) is 3. The molecule has 0 aliphatic rings. The van der Waals surface area contributed by atoms with Gasteiger partial charge in [0.1, 0.15) is 5.52 Å². The molecule has 0 atom stereocenters. The summed E-state index contributed by atoms with van der Waals surface area (Å²) in [4.78, 5) is 4.03. The van der Waals surface area contributed by atoms with Crippen molar-refractivity contribution in [3.63, 3.8) is 0 Å². The molecular formula is C9H10N2O. The zero-order valence-electron chi connectivity index (χ0n) is 7.09. The summed E-state index contributed by atoms with van der Waals surface area (Å²) in [6.45, 7) is 3.96. The molecule has 62 valence electrons. The van der Waals surface area contributed by atoms with E-state index in [1.165, 1.54) is 6.39 Å². The summed E-state index contributed by atoms with van der Waals surface area (Å²) in [5.41, 5.74) is 10.3. The van der Waals surface area contributed by atoms with Gasteiger partial charge in [-0.15, -0.1) is 0 Å². The molecule has 0 amide bonds. The van der Waals surface area contributed by atoms with Crippen molar-refractivity contribution in [2.45, 2.75) is 13.8 Å². The normalized spacial score (nSPS) is 10.8.